The van der Waals surface area contributed by atoms with Gasteiger partial charge in [0, 0.05) is 29.4 Å². The number of hydrogen-bond donors (Lipinski definition) is 2. The maximum Gasteiger partial charge on any atom is 0.0725 e. The van der Waals surface area contributed by atoms with Crippen LogP contribution in [0.4, 0.5) is 5.69 Å². The molecule has 1 aromatic heterocycles. The summed E-state index contributed by atoms with van der Waals surface area (Å²) in [6.45, 7) is 3.06. The fourth-order valence-corrected chi connectivity index (χ4v) is 3.01. The van der Waals surface area contributed by atoms with E-state index in [2.05, 4.69) is 34.6 Å². The van der Waals surface area contributed by atoms with Gasteiger partial charge in [0.25, 0.3) is 0 Å². The van der Waals surface area contributed by atoms with E-state index in [0.717, 1.165) is 24.2 Å². The monoisotopic (exact) mass is 255 g/mol. The quantitative estimate of drug-likeness (QED) is 0.886. The summed E-state index contributed by atoms with van der Waals surface area (Å²) >= 11 is 0. The first-order valence-corrected chi connectivity index (χ1v) is 7.08. The molecule has 0 radical (unpaired) electrons. The number of para-hydroxylation sites is 1. The van der Waals surface area contributed by atoms with Gasteiger partial charge in [-0.1, -0.05) is 18.2 Å². The Morgan fingerprint density at radius 1 is 1.32 bits per heavy atom. The van der Waals surface area contributed by atoms with Crippen LogP contribution in [-0.2, 0) is 0 Å². The lowest BCUT2D eigenvalue weighted by atomic mass is 10.1. The Balaban J connectivity index is 1.80. The minimum atomic E-state index is 0.405. The Morgan fingerprint density at radius 2 is 2.16 bits per heavy atom. The van der Waals surface area contributed by atoms with Gasteiger partial charge in [-0.15, -0.1) is 0 Å². The highest BCUT2D eigenvalue weighted by Gasteiger charge is 2.21. The maximum absolute atomic E-state index is 5.97. The number of nitrogens with one attached hydrogen (secondary N) is 1. The fourth-order valence-electron chi connectivity index (χ4n) is 3.01. The number of nitrogens with two attached hydrogens (primary N) is 1. The predicted molar refractivity (Wildman–Crippen MR) is 80.3 cm³/mol. The van der Waals surface area contributed by atoms with E-state index in [1.165, 1.54) is 23.9 Å². The van der Waals surface area contributed by atoms with Crippen LogP contribution in [0.5, 0.6) is 0 Å². The summed E-state index contributed by atoms with van der Waals surface area (Å²) in [4.78, 5) is 4.57. The van der Waals surface area contributed by atoms with Crippen LogP contribution in [-0.4, -0.2) is 17.6 Å². The minimum absolute atomic E-state index is 0.405. The zero-order chi connectivity index (χ0) is 13.2. The fraction of sp³-hybridized carbons (Fsp3) is 0.438. The Morgan fingerprint density at radius 3 is 2.95 bits per heavy atom. The maximum atomic E-state index is 5.97. The number of aryl methyl sites for hydroxylation is 1. The van der Waals surface area contributed by atoms with E-state index in [9.17, 15) is 0 Å². The average molecular weight is 255 g/mol. The molecule has 3 N–H and O–H groups in total. The number of rotatable bonds is 3. The van der Waals surface area contributed by atoms with Gasteiger partial charge in [0.2, 0.25) is 0 Å². The molecule has 2 aromatic rings. The Labute approximate surface area is 114 Å². The lowest BCUT2D eigenvalue weighted by Crippen LogP contribution is -2.17. The van der Waals surface area contributed by atoms with Crippen molar-refractivity contribution < 1.29 is 0 Å². The van der Waals surface area contributed by atoms with Crippen molar-refractivity contribution in [1.29, 1.82) is 0 Å². The van der Waals surface area contributed by atoms with Crippen LogP contribution in [0.1, 0.15) is 25.0 Å². The number of anilines is 1. The second kappa shape index (κ2) is 5.17. The van der Waals surface area contributed by atoms with Gasteiger partial charge in [0.1, 0.15) is 0 Å². The molecule has 19 heavy (non-hydrogen) atoms. The molecule has 1 aliphatic rings. The van der Waals surface area contributed by atoms with E-state index in [-0.39, 0.29) is 0 Å². The van der Waals surface area contributed by atoms with Crippen molar-refractivity contribution in [3.8, 4) is 0 Å². The molecule has 2 unspecified atom stereocenters. The van der Waals surface area contributed by atoms with Crippen molar-refractivity contribution in [3.05, 3.63) is 36.0 Å². The molecule has 0 bridgehead atoms. The van der Waals surface area contributed by atoms with Crippen LogP contribution in [0.3, 0.4) is 0 Å². The molecule has 1 aromatic carbocycles. The van der Waals surface area contributed by atoms with Gasteiger partial charge in [-0.25, -0.2) is 0 Å². The number of benzene rings is 1. The minimum Gasteiger partial charge on any atom is -0.384 e. The van der Waals surface area contributed by atoms with Crippen molar-refractivity contribution >= 4 is 16.6 Å². The molecule has 1 heterocycles. The summed E-state index contributed by atoms with van der Waals surface area (Å²) in [7, 11) is 0. The highest BCUT2D eigenvalue weighted by atomic mass is 14.9. The topological polar surface area (TPSA) is 50.9 Å². The van der Waals surface area contributed by atoms with Gasteiger partial charge in [0.15, 0.2) is 0 Å². The first kappa shape index (κ1) is 12.4. The molecule has 0 spiro atoms. The summed E-state index contributed by atoms with van der Waals surface area (Å²) in [5, 5.41) is 4.80. The van der Waals surface area contributed by atoms with Crippen molar-refractivity contribution in [3.63, 3.8) is 0 Å². The molecule has 1 saturated carbocycles. The van der Waals surface area contributed by atoms with Crippen LogP contribution in [0, 0.1) is 12.8 Å². The third-order valence-corrected chi connectivity index (χ3v) is 4.01. The SMILES string of the molecule is Cc1cc(NCC2CCC(N)C2)c2ccccc2n1. The molecule has 1 fully saturated rings. The van der Waals surface area contributed by atoms with Crippen LogP contribution < -0.4 is 11.1 Å². The lowest BCUT2D eigenvalue weighted by molar-refractivity contribution is 0.566. The van der Waals surface area contributed by atoms with E-state index >= 15 is 0 Å². The van der Waals surface area contributed by atoms with Gasteiger partial charge >= 0.3 is 0 Å². The van der Waals surface area contributed by atoms with Gasteiger partial charge in [0.05, 0.1) is 5.52 Å². The predicted octanol–water partition coefficient (Wildman–Crippen LogP) is 3.08. The summed E-state index contributed by atoms with van der Waals surface area (Å²) in [6, 6.07) is 10.8. The molecular formula is C16H21N3. The second-order valence-corrected chi connectivity index (χ2v) is 5.65. The average Bonchev–Trinajstić information content (AvgIpc) is 2.81. The van der Waals surface area contributed by atoms with E-state index in [1.54, 1.807) is 0 Å². The summed E-state index contributed by atoms with van der Waals surface area (Å²) in [6.07, 6.45) is 3.56. The molecule has 0 aliphatic heterocycles. The standard InChI is InChI=1S/C16H21N3/c1-11-8-16(14-4-2-3-5-15(14)19-11)18-10-12-6-7-13(17)9-12/h2-5,8,12-13H,6-7,9-10,17H2,1H3,(H,18,19). The number of hydrogen-bond acceptors (Lipinski definition) is 3. The molecule has 3 rings (SSSR count). The molecule has 1 aliphatic carbocycles. The third-order valence-electron chi connectivity index (χ3n) is 4.01. The number of nitrogens with zero attached hydrogens (tertiary/aromatic N) is 1. The van der Waals surface area contributed by atoms with Gasteiger partial charge in [-0.2, -0.15) is 0 Å². The Kier molecular flexibility index (Phi) is 3.38. The lowest BCUT2D eigenvalue weighted by Gasteiger charge is -2.14. The van der Waals surface area contributed by atoms with E-state index in [1.807, 2.05) is 13.0 Å². The zero-order valence-electron chi connectivity index (χ0n) is 11.4. The third kappa shape index (κ3) is 2.71. The van der Waals surface area contributed by atoms with E-state index in [4.69, 9.17) is 5.73 Å². The Hall–Kier alpha value is -1.61. The Bertz CT molecular complexity index is 579. The van der Waals surface area contributed by atoms with Crippen LogP contribution in [0.2, 0.25) is 0 Å². The van der Waals surface area contributed by atoms with E-state index < -0.39 is 0 Å². The summed E-state index contributed by atoms with van der Waals surface area (Å²) in [5.41, 5.74) is 9.29. The highest BCUT2D eigenvalue weighted by Crippen LogP contribution is 2.27. The normalized spacial score (nSPS) is 22.8. The molecule has 0 saturated heterocycles. The van der Waals surface area contributed by atoms with E-state index in [0.29, 0.717) is 12.0 Å². The highest BCUT2D eigenvalue weighted by molar-refractivity contribution is 5.91. The first-order chi connectivity index (χ1) is 9.22. The van der Waals surface area contributed by atoms with Crippen molar-refractivity contribution in [2.45, 2.75) is 32.2 Å². The first-order valence-electron chi connectivity index (χ1n) is 7.08. The molecule has 0 amide bonds. The number of fused-ring (bicyclic) bond motifs is 1. The smallest absolute Gasteiger partial charge is 0.0725 e. The van der Waals surface area contributed by atoms with Crippen LogP contribution in [0.25, 0.3) is 10.9 Å². The summed E-state index contributed by atoms with van der Waals surface area (Å²) < 4.78 is 0. The van der Waals surface area contributed by atoms with Crippen molar-refractivity contribution in [2.75, 3.05) is 11.9 Å². The molecule has 100 valence electrons. The number of pyridine rings is 1. The second-order valence-electron chi connectivity index (χ2n) is 5.65. The van der Waals surface area contributed by atoms with Crippen LogP contribution >= 0.6 is 0 Å². The molecule has 3 nitrogen and oxygen atoms in total. The van der Waals surface area contributed by atoms with Gasteiger partial charge in [-0.05, 0) is 44.2 Å². The number of aromatic nitrogens is 1. The molecule has 2 atom stereocenters. The van der Waals surface area contributed by atoms with Crippen LogP contribution in [0.15, 0.2) is 30.3 Å². The zero-order valence-corrected chi connectivity index (χ0v) is 11.4. The van der Waals surface area contributed by atoms with Crippen molar-refractivity contribution in [1.82, 2.24) is 4.98 Å². The largest absolute Gasteiger partial charge is 0.384 e. The summed E-state index contributed by atoms with van der Waals surface area (Å²) in [5.74, 6) is 0.710. The van der Waals surface area contributed by atoms with Gasteiger partial charge in [-0.3, -0.25) is 4.98 Å². The van der Waals surface area contributed by atoms with Gasteiger partial charge < -0.3 is 11.1 Å². The molecular weight excluding hydrogens is 234 g/mol. The molecule has 3 heteroatoms. The van der Waals surface area contributed by atoms with Crippen molar-refractivity contribution in [2.24, 2.45) is 11.7 Å².